The van der Waals surface area contributed by atoms with Crippen LogP contribution in [0.3, 0.4) is 0 Å². The Labute approximate surface area is 111 Å². The maximum atomic E-state index is 11.4. The first-order valence-corrected chi connectivity index (χ1v) is 6.20. The predicted octanol–water partition coefficient (Wildman–Crippen LogP) is 3.00. The number of benzene rings is 1. The summed E-state index contributed by atoms with van der Waals surface area (Å²) in [5, 5.41) is 17.3. The molecule has 0 radical (unpaired) electrons. The van der Waals surface area contributed by atoms with E-state index in [1.54, 1.807) is 13.0 Å². The van der Waals surface area contributed by atoms with Gasteiger partial charge in [-0.1, -0.05) is 19.1 Å². The zero-order chi connectivity index (χ0) is 14.0. The van der Waals surface area contributed by atoms with E-state index in [0.717, 1.165) is 12.0 Å². The van der Waals surface area contributed by atoms with Crippen LogP contribution in [0.4, 0.5) is 0 Å². The Kier molecular flexibility index (Phi) is 3.64. The first-order chi connectivity index (χ1) is 9.04. The van der Waals surface area contributed by atoms with Gasteiger partial charge in [0, 0.05) is 6.42 Å². The lowest BCUT2D eigenvalue weighted by atomic mass is 9.97. The molecule has 0 unspecified atom stereocenters. The number of aromatic nitrogens is 2. The van der Waals surface area contributed by atoms with Gasteiger partial charge in [0.1, 0.15) is 0 Å². The van der Waals surface area contributed by atoms with Gasteiger partial charge in [0.15, 0.2) is 0 Å². The van der Waals surface area contributed by atoms with Gasteiger partial charge in [-0.3, -0.25) is 0 Å². The Bertz CT molecular complexity index is 617. The largest absolute Gasteiger partial charge is 0.478 e. The minimum absolute atomic E-state index is 0.228. The Morgan fingerprint density at radius 3 is 2.58 bits per heavy atom. The molecule has 0 fully saturated rings. The molecule has 2 rings (SSSR count). The van der Waals surface area contributed by atoms with Gasteiger partial charge in [0.05, 0.1) is 11.1 Å². The van der Waals surface area contributed by atoms with Crippen molar-refractivity contribution in [2.75, 3.05) is 0 Å². The van der Waals surface area contributed by atoms with Gasteiger partial charge in [-0.2, -0.15) is 0 Å². The number of aryl methyl sites for hydroxylation is 3. The maximum absolute atomic E-state index is 11.4. The molecule has 1 aromatic heterocycles. The molecule has 1 N–H and O–H groups in total. The first kappa shape index (κ1) is 13.3. The summed E-state index contributed by atoms with van der Waals surface area (Å²) in [7, 11) is 0. The number of carboxylic acids is 1. The first-order valence-electron chi connectivity index (χ1n) is 6.20. The normalized spacial score (nSPS) is 10.7. The minimum atomic E-state index is -0.980. The highest BCUT2D eigenvalue weighted by atomic mass is 16.4. The van der Waals surface area contributed by atoms with Crippen LogP contribution in [-0.2, 0) is 6.42 Å². The van der Waals surface area contributed by atoms with Crippen molar-refractivity contribution in [2.45, 2.75) is 33.6 Å². The quantitative estimate of drug-likeness (QED) is 0.914. The molecule has 1 heterocycles. The van der Waals surface area contributed by atoms with Gasteiger partial charge in [-0.05, 0) is 31.4 Å². The van der Waals surface area contributed by atoms with Crippen LogP contribution in [-0.4, -0.2) is 21.3 Å². The molecule has 0 aliphatic rings. The zero-order valence-electron chi connectivity index (χ0n) is 11.2. The fraction of sp³-hybridized carbons (Fsp3) is 0.357. The van der Waals surface area contributed by atoms with Crippen LogP contribution < -0.4 is 0 Å². The van der Waals surface area contributed by atoms with E-state index < -0.39 is 5.97 Å². The highest BCUT2D eigenvalue weighted by molar-refractivity contribution is 5.97. The van der Waals surface area contributed by atoms with Gasteiger partial charge < -0.3 is 9.52 Å². The van der Waals surface area contributed by atoms with Gasteiger partial charge in [0.25, 0.3) is 0 Å². The molecular formula is C14H16N2O3. The lowest BCUT2D eigenvalue weighted by molar-refractivity contribution is 0.0696. The molecule has 2 aromatic rings. The molecule has 0 bridgehead atoms. The SMILES string of the molecule is CCCc1nnc(-c2c(C)ccc(C)c2C(=O)O)o1. The van der Waals surface area contributed by atoms with Crippen molar-refractivity contribution < 1.29 is 14.3 Å². The van der Waals surface area contributed by atoms with Crippen LogP contribution in [0.2, 0.25) is 0 Å². The monoisotopic (exact) mass is 260 g/mol. The number of nitrogens with zero attached hydrogens (tertiary/aromatic N) is 2. The van der Waals surface area contributed by atoms with Crippen molar-refractivity contribution >= 4 is 5.97 Å². The Morgan fingerprint density at radius 1 is 1.26 bits per heavy atom. The summed E-state index contributed by atoms with van der Waals surface area (Å²) in [4.78, 5) is 11.4. The van der Waals surface area contributed by atoms with E-state index in [1.165, 1.54) is 0 Å². The highest BCUT2D eigenvalue weighted by Crippen LogP contribution is 2.29. The zero-order valence-corrected chi connectivity index (χ0v) is 11.2. The number of aromatic carboxylic acids is 1. The Balaban J connectivity index is 2.59. The second kappa shape index (κ2) is 5.22. The summed E-state index contributed by atoms with van der Waals surface area (Å²) in [5.74, 6) is -0.164. The molecule has 0 aliphatic carbocycles. The summed E-state index contributed by atoms with van der Waals surface area (Å²) in [5.41, 5.74) is 2.24. The number of carbonyl (C=O) groups is 1. The van der Waals surface area contributed by atoms with Gasteiger partial charge in [0.2, 0.25) is 11.8 Å². The standard InChI is InChI=1S/C14H16N2O3/c1-4-5-10-15-16-13(19-10)11-8(2)6-7-9(3)12(11)14(17)18/h6-7H,4-5H2,1-3H3,(H,17,18). The summed E-state index contributed by atoms with van der Waals surface area (Å²) in [6, 6.07) is 3.65. The molecule has 5 nitrogen and oxygen atoms in total. The minimum Gasteiger partial charge on any atom is -0.478 e. The van der Waals surface area contributed by atoms with Crippen LogP contribution in [0, 0.1) is 13.8 Å². The molecule has 100 valence electrons. The molecular weight excluding hydrogens is 244 g/mol. The van der Waals surface area contributed by atoms with Crippen LogP contribution in [0.15, 0.2) is 16.5 Å². The maximum Gasteiger partial charge on any atom is 0.336 e. The number of hydrogen-bond donors (Lipinski definition) is 1. The third-order valence-corrected chi connectivity index (χ3v) is 2.98. The number of hydrogen-bond acceptors (Lipinski definition) is 4. The van der Waals surface area contributed by atoms with E-state index in [1.807, 2.05) is 19.9 Å². The van der Waals surface area contributed by atoms with Crippen molar-refractivity contribution in [1.82, 2.24) is 10.2 Å². The van der Waals surface area contributed by atoms with E-state index in [9.17, 15) is 9.90 Å². The van der Waals surface area contributed by atoms with Crippen LogP contribution in [0.1, 0.15) is 40.7 Å². The lowest BCUT2D eigenvalue weighted by Gasteiger charge is -2.08. The van der Waals surface area contributed by atoms with Crippen molar-refractivity contribution in [2.24, 2.45) is 0 Å². The second-order valence-electron chi connectivity index (χ2n) is 4.51. The van der Waals surface area contributed by atoms with Crippen LogP contribution >= 0.6 is 0 Å². The van der Waals surface area contributed by atoms with Crippen molar-refractivity contribution in [3.8, 4) is 11.5 Å². The fourth-order valence-electron chi connectivity index (χ4n) is 2.03. The van der Waals surface area contributed by atoms with Gasteiger partial charge in [-0.25, -0.2) is 4.79 Å². The van der Waals surface area contributed by atoms with Crippen LogP contribution in [0.25, 0.3) is 11.5 Å². The number of rotatable bonds is 4. The van der Waals surface area contributed by atoms with Crippen molar-refractivity contribution in [3.63, 3.8) is 0 Å². The van der Waals surface area contributed by atoms with Crippen molar-refractivity contribution in [1.29, 1.82) is 0 Å². The summed E-state index contributed by atoms with van der Waals surface area (Å²) in [6.45, 7) is 5.62. The van der Waals surface area contributed by atoms with E-state index in [0.29, 0.717) is 23.4 Å². The van der Waals surface area contributed by atoms with E-state index >= 15 is 0 Å². The molecule has 0 amide bonds. The third-order valence-electron chi connectivity index (χ3n) is 2.98. The molecule has 0 saturated heterocycles. The van der Waals surface area contributed by atoms with E-state index in [4.69, 9.17) is 4.42 Å². The van der Waals surface area contributed by atoms with Gasteiger partial charge in [-0.15, -0.1) is 10.2 Å². The Hall–Kier alpha value is -2.17. The van der Waals surface area contributed by atoms with E-state index in [2.05, 4.69) is 10.2 Å². The molecule has 1 aromatic carbocycles. The summed E-state index contributed by atoms with van der Waals surface area (Å²) < 4.78 is 5.55. The fourth-order valence-corrected chi connectivity index (χ4v) is 2.03. The molecule has 0 atom stereocenters. The smallest absolute Gasteiger partial charge is 0.336 e. The molecule has 19 heavy (non-hydrogen) atoms. The average Bonchev–Trinajstić information content (AvgIpc) is 2.80. The number of carboxylic acid groups (broad SMARTS) is 1. The predicted molar refractivity (Wildman–Crippen MR) is 70.2 cm³/mol. The molecule has 0 saturated carbocycles. The summed E-state index contributed by atoms with van der Waals surface area (Å²) >= 11 is 0. The molecule has 0 aliphatic heterocycles. The Morgan fingerprint density at radius 2 is 1.95 bits per heavy atom. The summed E-state index contributed by atoms with van der Waals surface area (Å²) in [6.07, 6.45) is 1.60. The van der Waals surface area contributed by atoms with Crippen LogP contribution in [0.5, 0.6) is 0 Å². The highest BCUT2D eigenvalue weighted by Gasteiger charge is 2.21. The third kappa shape index (κ3) is 2.50. The van der Waals surface area contributed by atoms with Gasteiger partial charge >= 0.3 is 5.97 Å². The average molecular weight is 260 g/mol. The molecule has 5 heteroatoms. The lowest BCUT2D eigenvalue weighted by Crippen LogP contribution is -2.04. The molecule has 0 spiro atoms. The van der Waals surface area contributed by atoms with E-state index in [-0.39, 0.29) is 11.5 Å². The van der Waals surface area contributed by atoms with Crippen molar-refractivity contribution in [3.05, 3.63) is 34.7 Å². The second-order valence-corrected chi connectivity index (χ2v) is 4.51. The topological polar surface area (TPSA) is 76.2 Å².